The molecular weight excluding hydrogens is 210 g/mol. The Bertz CT molecular complexity index is 306. The van der Waals surface area contributed by atoms with Crippen LogP contribution in [0.25, 0.3) is 0 Å². The van der Waals surface area contributed by atoms with Gasteiger partial charge in [0, 0.05) is 19.3 Å². The highest BCUT2D eigenvalue weighted by Crippen LogP contribution is 2.26. The molecule has 1 heterocycles. The van der Waals surface area contributed by atoms with Crippen LogP contribution in [0.1, 0.15) is 57.7 Å². The van der Waals surface area contributed by atoms with E-state index in [4.69, 9.17) is 0 Å². The maximum absolute atomic E-state index is 4.21. The first-order valence-corrected chi connectivity index (χ1v) is 6.86. The quantitative estimate of drug-likeness (QED) is 0.752. The van der Waals surface area contributed by atoms with Gasteiger partial charge in [-0.25, -0.2) is 4.98 Å². The summed E-state index contributed by atoms with van der Waals surface area (Å²) in [6.07, 6.45) is 10.3. The van der Waals surface area contributed by atoms with Crippen LogP contribution in [-0.4, -0.2) is 16.6 Å². The smallest absolute Gasteiger partial charge is 0.0946 e. The lowest BCUT2D eigenvalue weighted by atomic mass is 9.91. The number of unbranched alkanes of at least 4 members (excludes halogenated alkanes) is 1. The van der Waals surface area contributed by atoms with Gasteiger partial charge in [-0.05, 0) is 19.4 Å². The molecule has 3 nitrogen and oxygen atoms in total. The van der Waals surface area contributed by atoms with Gasteiger partial charge >= 0.3 is 0 Å². The van der Waals surface area contributed by atoms with Gasteiger partial charge in [-0.3, -0.25) is 0 Å². The normalized spacial score (nSPS) is 14.8. The standard InChI is InChI=1S/C14H27N3/c1-5-7-8-12(6-2)9-13(15-3)14-10-16-11-17(14)4/h10-13,15H,5-9H2,1-4H3. The summed E-state index contributed by atoms with van der Waals surface area (Å²) >= 11 is 0. The number of nitrogens with one attached hydrogen (secondary N) is 1. The minimum absolute atomic E-state index is 0.435. The second kappa shape index (κ2) is 7.49. The molecule has 1 aromatic rings. The van der Waals surface area contributed by atoms with Crippen molar-refractivity contribution in [2.75, 3.05) is 7.05 Å². The molecule has 0 radical (unpaired) electrons. The number of aryl methyl sites for hydroxylation is 1. The van der Waals surface area contributed by atoms with Crippen LogP contribution in [0.15, 0.2) is 12.5 Å². The molecule has 0 amide bonds. The van der Waals surface area contributed by atoms with Crippen LogP contribution in [0.2, 0.25) is 0 Å². The fourth-order valence-electron chi connectivity index (χ4n) is 2.40. The molecule has 2 unspecified atom stereocenters. The van der Waals surface area contributed by atoms with E-state index in [9.17, 15) is 0 Å². The lowest BCUT2D eigenvalue weighted by molar-refractivity contribution is 0.357. The van der Waals surface area contributed by atoms with E-state index < -0.39 is 0 Å². The van der Waals surface area contributed by atoms with Crippen molar-refractivity contribution in [3.05, 3.63) is 18.2 Å². The molecule has 17 heavy (non-hydrogen) atoms. The highest BCUT2D eigenvalue weighted by atomic mass is 15.1. The monoisotopic (exact) mass is 237 g/mol. The Morgan fingerprint density at radius 1 is 1.41 bits per heavy atom. The van der Waals surface area contributed by atoms with Crippen molar-refractivity contribution < 1.29 is 0 Å². The Kier molecular flexibility index (Phi) is 6.27. The fourth-order valence-corrected chi connectivity index (χ4v) is 2.40. The summed E-state index contributed by atoms with van der Waals surface area (Å²) in [5.41, 5.74) is 1.29. The highest BCUT2D eigenvalue weighted by Gasteiger charge is 2.17. The third kappa shape index (κ3) is 4.15. The average molecular weight is 237 g/mol. The molecule has 0 saturated carbocycles. The van der Waals surface area contributed by atoms with Crippen LogP contribution < -0.4 is 5.32 Å². The minimum Gasteiger partial charge on any atom is -0.336 e. The first-order chi connectivity index (χ1) is 8.22. The lowest BCUT2D eigenvalue weighted by Crippen LogP contribution is -2.22. The van der Waals surface area contributed by atoms with Gasteiger partial charge < -0.3 is 9.88 Å². The zero-order valence-electron chi connectivity index (χ0n) is 11.7. The van der Waals surface area contributed by atoms with Crippen molar-refractivity contribution in [2.45, 2.75) is 52.0 Å². The fraction of sp³-hybridized carbons (Fsp3) is 0.786. The Balaban J connectivity index is 2.59. The number of imidazole rings is 1. The zero-order valence-corrected chi connectivity index (χ0v) is 11.7. The predicted molar refractivity (Wildman–Crippen MR) is 72.9 cm³/mol. The summed E-state index contributed by atoms with van der Waals surface area (Å²) in [7, 11) is 4.11. The van der Waals surface area contributed by atoms with Gasteiger partial charge in [0.05, 0.1) is 12.0 Å². The summed E-state index contributed by atoms with van der Waals surface area (Å²) in [6, 6.07) is 0.435. The van der Waals surface area contributed by atoms with E-state index >= 15 is 0 Å². The third-order valence-corrected chi connectivity index (χ3v) is 3.67. The van der Waals surface area contributed by atoms with Crippen LogP contribution in [0.5, 0.6) is 0 Å². The van der Waals surface area contributed by atoms with Crippen molar-refractivity contribution in [3.8, 4) is 0 Å². The van der Waals surface area contributed by atoms with Gasteiger partial charge in [0.15, 0.2) is 0 Å². The summed E-state index contributed by atoms with van der Waals surface area (Å²) in [5, 5.41) is 3.43. The van der Waals surface area contributed by atoms with Crippen LogP contribution in [-0.2, 0) is 7.05 Å². The Hall–Kier alpha value is -0.830. The molecule has 1 rings (SSSR count). The number of rotatable bonds is 8. The van der Waals surface area contributed by atoms with Gasteiger partial charge in [-0.1, -0.05) is 39.5 Å². The van der Waals surface area contributed by atoms with E-state index in [0.717, 1.165) is 5.92 Å². The van der Waals surface area contributed by atoms with Gasteiger partial charge in [0.2, 0.25) is 0 Å². The molecule has 0 aliphatic rings. The molecule has 0 aliphatic heterocycles. The van der Waals surface area contributed by atoms with E-state index in [1.807, 2.05) is 19.6 Å². The molecule has 0 spiro atoms. The van der Waals surface area contributed by atoms with E-state index in [0.29, 0.717) is 6.04 Å². The van der Waals surface area contributed by atoms with Gasteiger partial charge in [-0.15, -0.1) is 0 Å². The molecule has 3 heteroatoms. The van der Waals surface area contributed by atoms with Crippen molar-refractivity contribution in [1.82, 2.24) is 14.9 Å². The zero-order chi connectivity index (χ0) is 12.7. The summed E-state index contributed by atoms with van der Waals surface area (Å²) < 4.78 is 2.12. The maximum atomic E-state index is 4.21. The minimum atomic E-state index is 0.435. The van der Waals surface area contributed by atoms with E-state index in [-0.39, 0.29) is 0 Å². The lowest BCUT2D eigenvalue weighted by Gasteiger charge is -2.22. The van der Waals surface area contributed by atoms with E-state index in [1.165, 1.54) is 37.8 Å². The maximum Gasteiger partial charge on any atom is 0.0946 e. The van der Waals surface area contributed by atoms with Crippen LogP contribution in [0, 0.1) is 5.92 Å². The highest BCUT2D eigenvalue weighted by molar-refractivity contribution is 5.04. The third-order valence-electron chi connectivity index (χ3n) is 3.67. The van der Waals surface area contributed by atoms with Crippen molar-refractivity contribution in [1.29, 1.82) is 0 Å². The number of nitrogens with zero attached hydrogens (tertiary/aromatic N) is 2. The second-order valence-corrected chi connectivity index (χ2v) is 4.92. The molecule has 2 atom stereocenters. The second-order valence-electron chi connectivity index (χ2n) is 4.92. The number of aromatic nitrogens is 2. The molecular formula is C14H27N3. The topological polar surface area (TPSA) is 29.9 Å². The molecule has 98 valence electrons. The van der Waals surface area contributed by atoms with Crippen LogP contribution >= 0.6 is 0 Å². The number of hydrogen-bond donors (Lipinski definition) is 1. The Labute approximate surface area is 106 Å². The Morgan fingerprint density at radius 3 is 2.65 bits per heavy atom. The van der Waals surface area contributed by atoms with E-state index in [2.05, 4.69) is 35.8 Å². The Morgan fingerprint density at radius 2 is 2.18 bits per heavy atom. The summed E-state index contributed by atoms with van der Waals surface area (Å²) in [6.45, 7) is 4.57. The average Bonchev–Trinajstić information content (AvgIpc) is 2.76. The summed E-state index contributed by atoms with van der Waals surface area (Å²) in [5.74, 6) is 0.822. The molecule has 1 N–H and O–H groups in total. The van der Waals surface area contributed by atoms with Crippen LogP contribution in [0.4, 0.5) is 0 Å². The SMILES string of the molecule is CCCCC(CC)CC(NC)c1cncn1C. The van der Waals surface area contributed by atoms with Crippen molar-refractivity contribution in [2.24, 2.45) is 13.0 Å². The van der Waals surface area contributed by atoms with Crippen molar-refractivity contribution in [3.63, 3.8) is 0 Å². The largest absolute Gasteiger partial charge is 0.336 e. The molecule has 0 bridgehead atoms. The van der Waals surface area contributed by atoms with Gasteiger partial charge in [0.1, 0.15) is 0 Å². The molecule has 0 fully saturated rings. The van der Waals surface area contributed by atoms with Crippen LogP contribution in [0.3, 0.4) is 0 Å². The molecule has 1 aromatic heterocycles. The number of hydrogen-bond acceptors (Lipinski definition) is 2. The molecule has 0 aliphatic carbocycles. The van der Waals surface area contributed by atoms with Gasteiger partial charge in [0.25, 0.3) is 0 Å². The van der Waals surface area contributed by atoms with E-state index in [1.54, 1.807) is 0 Å². The van der Waals surface area contributed by atoms with Gasteiger partial charge in [-0.2, -0.15) is 0 Å². The van der Waals surface area contributed by atoms with Crippen molar-refractivity contribution >= 4 is 0 Å². The first kappa shape index (κ1) is 14.2. The molecule has 0 saturated heterocycles. The predicted octanol–water partition coefficient (Wildman–Crippen LogP) is 3.29. The summed E-state index contributed by atoms with van der Waals surface area (Å²) in [4.78, 5) is 4.21. The molecule has 0 aromatic carbocycles. The first-order valence-electron chi connectivity index (χ1n) is 6.86.